The van der Waals surface area contributed by atoms with Gasteiger partial charge in [-0.2, -0.15) is 13.2 Å². The van der Waals surface area contributed by atoms with Gasteiger partial charge in [-0.05, 0) is 59.6 Å². The quantitative estimate of drug-likeness (QED) is 0.522. The van der Waals surface area contributed by atoms with Gasteiger partial charge in [-0.15, -0.1) is 0 Å². The van der Waals surface area contributed by atoms with Crippen molar-refractivity contribution < 1.29 is 67.2 Å². The molecule has 0 radical (unpaired) electrons. The molecule has 5 nitrogen and oxygen atoms in total. The van der Waals surface area contributed by atoms with Crippen molar-refractivity contribution in [2.75, 3.05) is 0 Å². The van der Waals surface area contributed by atoms with Crippen LogP contribution in [0.3, 0.4) is 0 Å². The molecule has 0 spiro atoms. The van der Waals surface area contributed by atoms with E-state index < -0.39 is 22.8 Å². The zero-order chi connectivity index (χ0) is 14.8. The molecule has 0 amide bonds. The van der Waals surface area contributed by atoms with Crippen LogP contribution in [-0.4, -0.2) is 19.7 Å². The van der Waals surface area contributed by atoms with Crippen LogP contribution >= 0.6 is 0 Å². The van der Waals surface area contributed by atoms with Gasteiger partial charge in [0.2, 0.25) is 0 Å². The summed E-state index contributed by atoms with van der Waals surface area (Å²) in [6.45, 7) is 0. The number of alkyl halides is 3. The van der Waals surface area contributed by atoms with Gasteiger partial charge in [-0.25, -0.2) is 0 Å². The molecule has 0 aromatic heterocycles. The van der Waals surface area contributed by atoms with Gasteiger partial charge in [-0.1, -0.05) is 0 Å². The molecule has 1 unspecified atom stereocenters. The van der Waals surface area contributed by atoms with Gasteiger partial charge in [0.1, 0.15) is 11.5 Å². The molecule has 0 aliphatic rings. The van der Waals surface area contributed by atoms with Crippen LogP contribution in [0.4, 0.5) is 13.2 Å². The van der Waals surface area contributed by atoms with E-state index in [9.17, 15) is 21.9 Å². The molecule has 0 saturated carbocycles. The van der Waals surface area contributed by atoms with E-state index in [1.165, 1.54) is 36.4 Å². The van der Waals surface area contributed by atoms with Gasteiger partial charge < -0.3 is 20.2 Å². The Hall–Kier alpha value is -0.940. The standard InChI is InChI=1S/C13H9F3O3S.Na.2H2O/c14-13(15,16)9-1-3-10(4-2-9)19-11-5-7-12(8-6-11)20(17)18;;;/h1-8H,(H,17,18);;2*1H2/q;+1;;/p-1. The molecular formula is C13H12F3NaO5S. The Morgan fingerprint density at radius 3 is 1.61 bits per heavy atom. The van der Waals surface area contributed by atoms with Crippen molar-refractivity contribution in [1.29, 1.82) is 0 Å². The predicted octanol–water partition coefficient (Wildman–Crippen LogP) is -0.910. The summed E-state index contributed by atoms with van der Waals surface area (Å²) < 4.78 is 63.7. The molecule has 10 heteroatoms. The third-order valence-corrected chi connectivity index (χ3v) is 3.09. The Balaban J connectivity index is 0. The third kappa shape index (κ3) is 7.00. The Morgan fingerprint density at radius 1 is 0.870 bits per heavy atom. The van der Waals surface area contributed by atoms with Gasteiger partial charge in [0.15, 0.2) is 0 Å². The second-order valence-corrected chi connectivity index (χ2v) is 4.77. The fraction of sp³-hybridized carbons (Fsp3) is 0.0769. The van der Waals surface area contributed by atoms with Crippen molar-refractivity contribution in [2.45, 2.75) is 11.1 Å². The molecule has 4 N–H and O–H groups in total. The van der Waals surface area contributed by atoms with E-state index in [1.54, 1.807) is 0 Å². The van der Waals surface area contributed by atoms with Crippen molar-refractivity contribution in [3.8, 4) is 11.5 Å². The first kappa shape index (κ1) is 24.3. The minimum absolute atomic E-state index is 0. The first-order valence-electron chi connectivity index (χ1n) is 5.41. The number of ether oxygens (including phenoxy) is 1. The fourth-order valence-corrected chi connectivity index (χ4v) is 1.83. The normalized spacial score (nSPS) is 11.3. The molecule has 0 saturated heterocycles. The number of benzene rings is 2. The number of halogens is 3. The maximum atomic E-state index is 12.4. The molecule has 2 aromatic carbocycles. The average molecular weight is 360 g/mol. The predicted molar refractivity (Wildman–Crippen MR) is 72.4 cm³/mol. The summed E-state index contributed by atoms with van der Waals surface area (Å²) >= 11 is -2.33. The van der Waals surface area contributed by atoms with Gasteiger partial charge in [0, 0.05) is 4.90 Å². The zero-order valence-corrected chi connectivity index (χ0v) is 14.7. The van der Waals surface area contributed by atoms with Crippen molar-refractivity contribution in [2.24, 2.45) is 0 Å². The topological polar surface area (TPSA) is 112 Å². The minimum atomic E-state index is -4.39. The summed E-state index contributed by atoms with van der Waals surface area (Å²) in [5, 5.41) is 0. The monoisotopic (exact) mass is 360 g/mol. The van der Waals surface area contributed by atoms with Crippen LogP contribution in [-0.2, 0) is 17.3 Å². The van der Waals surface area contributed by atoms with Crippen LogP contribution in [0.1, 0.15) is 5.56 Å². The summed E-state index contributed by atoms with van der Waals surface area (Å²) in [5.74, 6) is 0.563. The van der Waals surface area contributed by atoms with Gasteiger partial charge in [0.05, 0.1) is 5.56 Å². The van der Waals surface area contributed by atoms with Crippen molar-refractivity contribution in [3.05, 3.63) is 54.1 Å². The summed E-state index contributed by atoms with van der Waals surface area (Å²) in [6, 6.07) is 9.73. The minimum Gasteiger partial charge on any atom is -0.768 e. The smallest absolute Gasteiger partial charge is 0.768 e. The summed E-state index contributed by atoms with van der Waals surface area (Å²) in [7, 11) is 0. The van der Waals surface area contributed by atoms with Crippen molar-refractivity contribution >= 4 is 11.1 Å². The SMILES string of the molecule is O.O.O=S([O-])c1ccc(Oc2ccc(C(F)(F)F)cc2)cc1.[Na+]. The Labute approximate surface area is 154 Å². The summed E-state index contributed by atoms with van der Waals surface area (Å²) in [4.78, 5) is 0.102. The van der Waals surface area contributed by atoms with Crippen molar-refractivity contribution in [3.63, 3.8) is 0 Å². The van der Waals surface area contributed by atoms with E-state index in [4.69, 9.17) is 4.74 Å². The van der Waals surface area contributed by atoms with Crippen molar-refractivity contribution in [1.82, 2.24) is 0 Å². The first-order valence-corrected chi connectivity index (χ1v) is 6.48. The van der Waals surface area contributed by atoms with Crippen LogP contribution in [0.15, 0.2) is 53.4 Å². The largest absolute Gasteiger partial charge is 1.00 e. The molecule has 0 aliphatic carbocycles. The van der Waals surface area contributed by atoms with E-state index in [-0.39, 0.29) is 51.2 Å². The molecule has 23 heavy (non-hydrogen) atoms. The molecule has 0 fully saturated rings. The first-order chi connectivity index (χ1) is 9.36. The van der Waals surface area contributed by atoms with E-state index in [2.05, 4.69) is 0 Å². The van der Waals surface area contributed by atoms with Crippen LogP contribution in [0, 0.1) is 0 Å². The van der Waals surface area contributed by atoms with Gasteiger partial charge in [0.25, 0.3) is 0 Å². The number of rotatable bonds is 3. The molecule has 0 aliphatic heterocycles. The summed E-state index contributed by atoms with van der Waals surface area (Å²) in [5.41, 5.74) is -0.762. The molecular weight excluding hydrogens is 348 g/mol. The maximum absolute atomic E-state index is 12.4. The van der Waals surface area contributed by atoms with E-state index >= 15 is 0 Å². The molecule has 0 heterocycles. The molecule has 2 rings (SSSR count). The van der Waals surface area contributed by atoms with E-state index in [0.29, 0.717) is 5.75 Å². The Kier molecular flexibility index (Phi) is 10.6. The van der Waals surface area contributed by atoms with Crippen LogP contribution < -0.4 is 34.3 Å². The fourth-order valence-electron chi connectivity index (χ4n) is 1.47. The van der Waals surface area contributed by atoms with E-state index in [0.717, 1.165) is 12.1 Å². The van der Waals surface area contributed by atoms with Crippen LogP contribution in [0.2, 0.25) is 0 Å². The van der Waals surface area contributed by atoms with Crippen LogP contribution in [0.25, 0.3) is 0 Å². The Morgan fingerprint density at radius 2 is 1.26 bits per heavy atom. The molecule has 2 aromatic rings. The zero-order valence-electron chi connectivity index (χ0n) is 11.9. The van der Waals surface area contributed by atoms with Crippen LogP contribution in [0.5, 0.6) is 11.5 Å². The molecule has 1 atom stereocenters. The van der Waals surface area contributed by atoms with E-state index in [1.807, 2.05) is 0 Å². The Bertz CT molecular complexity index is 617. The second-order valence-electron chi connectivity index (χ2n) is 3.83. The number of hydrogen-bond donors (Lipinski definition) is 0. The summed E-state index contributed by atoms with van der Waals surface area (Å²) in [6.07, 6.45) is -4.39. The van der Waals surface area contributed by atoms with Gasteiger partial charge >= 0.3 is 35.7 Å². The maximum Gasteiger partial charge on any atom is 1.00 e. The molecule has 122 valence electrons. The third-order valence-electron chi connectivity index (χ3n) is 2.43. The molecule has 0 bridgehead atoms. The number of hydrogen-bond acceptors (Lipinski definition) is 3. The van der Waals surface area contributed by atoms with Gasteiger partial charge in [-0.3, -0.25) is 4.21 Å². The average Bonchev–Trinajstić information content (AvgIpc) is 2.39. The second kappa shape index (κ2) is 10.0.